The summed E-state index contributed by atoms with van der Waals surface area (Å²) in [4.78, 5) is 11.1. The number of nitrogens with one attached hydrogen (secondary N) is 2. The number of aromatic amines is 1. The molecule has 13 heavy (non-hydrogen) atoms. The van der Waals surface area contributed by atoms with Crippen molar-refractivity contribution in [3.8, 4) is 0 Å². The Balaban J connectivity index is 2.74. The highest BCUT2D eigenvalue weighted by atomic mass is 32.1. The molecule has 6 nitrogen and oxygen atoms in total. The fraction of sp³-hybridized carbons (Fsp3) is 0.500. The van der Waals surface area contributed by atoms with E-state index in [9.17, 15) is 4.79 Å². The minimum atomic E-state index is -0.275. The molecule has 0 atom stereocenters. The predicted molar refractivity (Wildman–Crippen MR) is 48.4 cm³/mol. The summed E-state index contributed by atoms with van der Waals surface area (Å²) in [6.07, 6.45) is 0. The molecule has 1 rings (SSSR count). The SMILES string of the molecule is COCC(=O)Nn1c(C)n[nH]c1=S. The normalized spacial score (nSPS) is 10.0. The number of aromatic nitrogens is 3. The average Bonchev–Trinajstić information content (AvgIpc) is 2.36. The highest BCUT2D eigenvalue weighted by Gasteiger charge is 2.04. The van der Waals surface area contributed by atoms with Crippen LogP contribution in [0, 0.1) is 11.7 Å². The number of nitrogens with zero attached hydrogens (tertiary/aromatic N) is 2. The Morgan fingerprint density at radius 1 is 1.85 bits per heavy atom. The molecule has 1 amide bonds. The van der Waals surface area contributed by atoms with Crippen LogP contribution < -0.4 is 5.43 Å². The third-order valence-corrected chi connectivity index (χ3v) is 1.63. The molecule has 0 aliphatic carbocycles. The quantitative estimate of drug-likeness (QED) is 0.675. The van der Waals surface area contributed by atoms with Gasteiger partial charge in [-0.1, -0.05) is 0 Å². The minimum absolute atomic E-state index is 0.00755. The lowest BCUT2D eigenvalue weighted by atomic mass is 10.7. The smallest absolute Gasteiger partial charge is 0.264 e. The first-order valence-electron chi connectivity index (χ1n) is 3.58. The first-order valence-corrected chi connectivity index (χ1v) is 3.99. The van der Waals surface area contributed by atoms with Gasteiger partial charge in [-0.15, -0.1) is 0 Å². The molecule has 0 saturated carbocycles. The van der Waals surface area contributed by atoms with Crippen LogP contribution in [0.3, 0.4) is 0 Å². The Bertz CT molecular complexity index is 356. The monoisotopic (exact) mass is 202 g/mol. The lowest BCUT2D eigenvalue weighted by molar-refractivity contribution is -0.120. The van der Waals surface area contributed by atoms with Crippen LogP contribution in [0.4, 0.5) is 0 Å². The zero-order chi connectivity index (χ0) is 9.84. The molecular formula is C6H10N4O2S. The van der Waals surface area contributed by atoms with Gasteiger partial charge >= 0.3 is 0 Å². The summed E-state index contributed by atoms with van der Waals surface area (Å²) in [5.74, 6) is 0.317. The van der Waals surface area contributed by atoms with E-state index >= 15 is 0 Å². The topological polar surface area (TPSA) is 71.9 Å². The van der Waals surface area contributed by atoms with E-state index in [1.807, 2.05) is 0 Å². The zero-order valence-corrected chi connectivity index (χ0v) is 8.14. The number of amides is 1. The second-order valence-electron chi connectivity index (χ2n) is 2.38. The van der Waals surface area contributed by atoms with Gasteiger partial charge in [-0.2, -0.15) is 5.10 Å². The van der Waals surface area contributed by atoms with Gasteiger partial charge in [0.1, 0.15) is 12.4 Å². The number of carbonyl (C=O) groups is 1. The molecule has 0 spiro atoms. The van der Waals surface area contributed by atoms with Crippen molar-refractivity contribution in [2.24, 2.45) is 0 Å². The third kappa shape index (κ3) is 2.36. The number of rotatable bonds is 3. The van der Waals surface area contributed by atoms with Crippen LogP contribution in [0.25, 0.3) is 0 Å². The molecule has 72 valence electrons. The van der Waals surface area contributed by atoms with Gasteiger partial charge in [0.05, 0.1) is 0 Å². The van der Waals surface area contributed by atoms with Crippen molar-refractivity contribution in [2.75, 3.05) is 19.1 Å². The maximum Gasteiger partial charge on any atom is 0.264 e. The lowest BCUT2D eigenvalue weighted by Gasteiger charge is -2.04. The van der Waals surface area contributed by atoms with Crippen molar-refractivity contribution in [1.29, 1.82) is 0 Å². The first-order chi connectivity index (χ1) is 6.15. The first kappa shape index (κ1) is 9.87. The van der Waals surface area contributed by atoms with Gasteiger partial charge in [-0.05, 0) is 19.1 Å². The summed E-state index contributed by atoms with van der Waals surface area (Å²) in [6, 6.07) is 0. The Morgan fingerprint density at radius 3 is 3.00 bits per heavy atom. The molecule has 1 aromatic heterocycles. The number of hydrogen-bond donors (Lipinski definition) is 2. The fourth-order valence-corrected chi connectivity index (χ4v) is 1.02. The molecular weight excluding hydrogens is 192 g/mol. The molecule has 2 N–H and O–H groups in total. The van der Waals surface area contributed by atoms with E-state index < -0.39 is 0 Å². The predicted octanol–water partition coefficient (Wildman–Crippen LogP) is -0.0344. The number of carbonyl (C=O) groups excluding carboxylic acids is 1. The van der Waals surface area contributed by atoms with Crippen molar-refractivity contribution >= 4 is 18.1 Å². The lowest BCUT2D eigenvalue weighted by Crippen LogP contribution is -2.27. The van der Waals surface area contributed by atoms with E-state index in [0.717, 1.165) is 0 Å². The van der Waals surface area contributed by atoms with Crippen LogP contribution in [-0.2, 0) is 9.53 Å². The summed E-state index contributed by atoms with van der Waals surface area (Å²) < 4.78 is 6.38. The maximum absolute atomic E-state index is 11.1. The molecule has 0 aliphatic rings. The zero-order valence-electron chi connectivity index (χ0n) is 7.33. The van der Waals surface area contributed by atoms with Crippen molar-refractivity contribution in [3.63, 3.8) is 0 Å². The fourth-order valence-electron chi connectivity index (χ4n) is 0.795. The molecule has 0 aromatic carbocycles. The van der Waals surface area contributed by atoms with Crippen LogP contribution in [0.1, 0.15) is 5.82 Å². The highest BCUT2D eigenvalue weighted by molar-refractivity contribution is 7.71. The summed E-state index contributed by atoms with van der Waals surface area (Å²) in [5.41, 5.74) is 2.51. The van der Waals surface area contributed by atoms with Gasteiger partial charge in [0, 0.05) is 7.11 Å². The van der Waals surface area contributed by atoms with Crippen molar-refractivity contribution in [3.05, 3.63) is 10.6 Å². The average molecular weight is 202 g/mol. The number of hydrogen-bond acceptors (Lipinski definition) is 4. The number of methoxy groups -OCH3 is 1. The summed E-state index contributed by atoms with van der Waals surface area (Å²) in [6.45, 7) is 1.71. The van der Waals surface area contributed by atoms with Gasteiger partial charge in [0.15, 0.2) is 0 Å². The molecule has 0 radical (unpaired) electrons. The van der Waals surface area contributed by atoms with Crippen molar-refractivity contribution < 1.29 is 9.53 Å². The largest absolute Gasteiger partial charge is 0.375 e. The molecule has 1 heterocycles. The molecule has 1 aromatic rings. The van der Waals surface area contributed by atoms with Crippen LogP contribution in [0.15, 0.2) is 0 Å². The van der Waals surface area contributed by atoms with Gasteiger partial charge in [-0.3, -0.25) is 15.3 Å². The van der Waals surface area contributed by atoms with Crippen LogP contribution in [0.5, 0.6) is 0 Å². The van der Waals surface area contributed by atoms with Gasteiger partial charge in [0.2, 0.25) is 4.77 Å². The van der Waals surface area contributed by atoms with Gasteiger partial charge in [0.25, 0.3) is 5.91 Å². The van der Waals surface area contributed by atoms with E-state index in [1.165, 1.54) is 11.8 Å². The molecule has 0 unspecified atom stereocenters. The molecule has 0 bridgehead atoms. The van der Waals surface area contributed by atoms with E-state index in [1.54, 1.807) is 6.92 Å². The maximum atomic E-state index is 11.1. The van der Waals surface area contributed by atoms with Crippen LogP contribution >= 0.6 is 12.2 Å². The molecule has 0 aliphatic heterocycles. The van der Waals surface area contributed by atoms with E-state index in [2.05, 4.69) is 20.4 Å². The summed E-state index contributed by atoms with van der Waals surface area (Å²) in [5, 5.41) is 6.36. The number of H-pyrrole nitrogens is 1. The Labute approximate surface area is 79.9 Å². The van der Waals surface area contributed by atoms with Crippen LogP contribution in [0.2, 0.25) is 0 Å². The molecule has 7 heteroatoms. The van der Waals surface area contributed by atoms with Crippen molar-refractivity contribution in [1.82, 2.24) is 14.9 Å². The Kier molecular flexibility index (Phi) is 3.15. The standard InChI is InChI=1S/C6H10N4O2S/c1-4-7-8-6(13)10(4)9-5(11)3-12-2/h3H2,1-2H3,(H,8,13)(H,9,11). The number of aryl methyl sites for hydroxylation is 1. The summed E-state index contributed by atoms with van der Waals surface area (Å²) in [7, 11) is 1.45. The van der Waals surface area contributed by atoms with E-state index in [4.69, 9.17) is 12.2 Å². The second-order valence-corrected chi connectivity index (χ2v) is 2.77. The van der Waals surface area contributed by atoms with E-state index in [0.29, 0.717) is 10.6 Å². The third-order valence-electron chi connectivity index (χ3n) is 1.35. The second kappa shape index (κ2) is 4.15. The van der Waals surface area contributed by atoms with Crippen LogP contribution in [-0.4, -0.2) is 34.5 Å². The Morgan fingerprint density at radius 2 is 2.54 bits per heavy atom. The van der Waals surface area contributed by atoms with Crippen molar-refractivity contribution in [2.45, 2.75) is 6.92 Å². The van der Waals surface area contributed by atoms with Gasteiger partial charge < -0.3 is 4.74 Å². The summed E-state index contributed by atoms with van der Waals surface area (Å²) >= 11 is 4.86. The number of ether oxygens (including phenoxy) is 1. The molecule has 0 saturated heterocycles. The minimum Gasteiger partial charge on any atom is -0.375 e. The molecule has 0 fully saturated rings. The highest BCUT2D eigenvalue weighted by Crippen LogP contribution is 1.91. The Hall–Kier alpha value is -1.21. The van der Waals surface area contributed by atoms with E-state index in [-0.39, 0.29) is 12.5 Å². The van der Waals surface area contributed by atoms with Gasteiger partial charge in [-0.25, -0.2) is 4.68 Å².